The molecule has 2 heterocycles. The first kappa shape index (κ1) is 28.8. The van der Waals surface area contributed by atoms with Gasteiger partial charge in [0.2, 0.25) is 0 Å². The van der Waals surface area contributed by atoms with Crippen molar-refractivity contribution in [1.29, 1.82) is 5.26 Å². The van der Waals surface area contributed by atoms with E-state index in [0.717, 1.165) is 12.8 Å². The van der Waals surface area contributed by atoms with Gasteiger partial charge in [-0.25, -0.2) is 9.59 Å². The number of ether oxygens (including phenoxy) is 6. The van der Waals surface area contributed by atoms with Gasteiger partial charge in [0, 0.05) is 13.0 Å². The van der Waals surface area contributed by atoms with Crippen LogP contribution in [0.5, 0.6) is 11.5 Å². The molecule has 0 bridgehead atoms. The van der Waals surface area contributed by atoms with Crippen LogP contribution in [0.4, 0.5) is 0 Å². The Morgan fingerprint density at radius 3 is 2.45 bits per heavy atom. The first-order valence-electron chi connectivity index (χ1n) is 13.2. The summed E-state index contributed by atoms with van der Waals surface area (Å²) < 4.78 is 32.7. The van der Waals surface area contributed by atoms with Gasteiger partial charge in [0.15, 0.2) is 6.10 Å². The van der Waals surface area contributed by atoms with Gasteiger partial charge in [0.25, 0.3) is 0 Å². The van der Waals surface area contributed by atoms with Crippen molar-refractivity contribution in [3.63, 3.8) is 0 Å². The van der Waals surface area contributed by atoms with E-state index in [9.17, 15) is 19.6 Å². The number of rotatable bonds is 12. The number of nitrogens with zero attached hydrogens (tertiary/aromatic N) is 1. The predicted octanol–water partition coefficient (Wildman–Crippen LogP) is 4.02. The van der Waals surface area contributed by atoms with Gasteiger partial charge in [0.1, 0.15) is 29.2 Å². The molecule has 10 heteroatoms. The maximum atomic E-state index is 12.5. The van der Waals surface area contributed by atoms with Crippen molar-refractivity contribution >= 4 is 24.0 Å². The molecule has 2 aromatic carbocycles. The maximum Gasteiger partial charge on any atom is 0.349 e. The standard InChI is InChI=1S/C30H31NO9/c1-2-27(32)36-15-4-3-14-35-23-11-7-21(8-12-23)29(33)39-24-9-5-20(6-10-24)17-22(18-31)30(34)40-26-19-38-25-13-16-37-28(25)26/h5-12,17,25-26,28H,2-4,13-16,19H2,1H3/b22-17+/t25?,26-,28?/m1/s1. The molecule has 2 aromatic rings. The summed E-state index contributed by atoms with van der Waals surface area (Å²) in [5.41, 5.74) is 0.756. The summed E-state index contributed by atoms with van der Waals surface area (Å²) in [4.78, 5) is 36.2. The first-order valence-corrected chi connectivity index (χ1v) is 13.2. The van der Waals surface area contributed by atoms with Crippen LogP contribution in [0.25, 0.3) is 6.08 Å². The fourth-order valence-corrected chi connectivity index (χ4v) is 4.20. The topological polar surface area (TPSA) is 130 Å². The van der Waals surface area contributed by atoms with E-state index in [0.29, 0.717) is 55.3 Å². The minimum absolute atomic E-state index is 0.0745. The number of esters is 3. The molecule has 0 N–H and O–H groups in total. The third-order valence-corrected chi connectivity index (χ3v) is 6.37. The second-order valence-electron chi connectivity index (χ2n) is 9.22. The molecule has 2 aliphatic rings. The third kappa shape index (κ3) is 7.91. The second-order valence-corrected chi connectivity index (χ2v) is 9.22. The molecule has 10 nitrogen and oxygen atoms in total. The molecule has 0 aliphatic carbocycles. The number of carbonyl (C=O) groups is 3. The monoisotopic (exact) mass is 549 g/mol. The maximum absolute atomic E-state index is 12.5. The number of carbonyl (C=O) groups excluding carboxylic acids is 3. The van der Waals surface area contributed by atoms with E-state index in [1.807, 2.05) is 6.07 Å². The smallest absolute Gasteiger partial charge is 0.349 e. The molecular formula is C30H31NO9. The lowest BCUT2D eigenvalue weighted by Gasteiger charge is -2.16. The normalized spacial score (nSPS) is 19.8. The van der Waals surface area contributed by atoms with Gasteiger partial charge in [0.05, 0.1) is 31.5 Å². The van der Waals surface area contributed by atoms with E-state index in [-0.39, 0.29) is 30.4 Å². The lowest BCUT2D eigenvalue weighted by atomic mass is 10.1. The average Bonchev–Trinajstić information content (AvgIpc) is 3.59. The van der Waals surface area contributed by atoms with Crippen LogP contribution < -0.4 is 9.47 Å². The van der Waals surface area contributed by atoms with Crippen LogP contribution in [0, 0.1) is 11.3 Å². The highest BCUT2D eigenvalue weighted by atomic mass is 16.6. The Labute approximate surface area is 232 Å². The molecule has 0 aromatic heterocycles. The van der Waals surface area contributed by atoms with E-state index in [2.05, 4.69) is 0 Å². The summed E-state index contributed by atoms with van der Waals surface area (Å²) in [6.07, 6.45) is 3.06. The highest BCUT2D eigenvalue weighted by Gasteiger charge is 2.44. The van der Waals surface area contributed by atoms with E-state index in [4.69, 9.17) is 28.4 Å². The fourth-order valence-electron chi connectivity index (χ4n) is 4.20. The van der Waals surface area contributed by atoms with E-state index in [1.54, 1.807) is 55.5 Å². The lowest BCUT2D eigenvalue weighted by Crippen LogP contribution is -2.32. The van der Waals surface area contributed by atoms with Crippen molar-refractivity contribution in [3.05, 3.63) is 65.2 Å². The summed E-state index contributed by atoms with van der Waals surface area (Å²) in [5.74, 6) is -0.580. The molecular weight excluding hydrogens is 518 g/mol. The molecule has 0 spiro atoms. The van der Waals surface area contributed by atoms with Gasteiger partial charge < -0.3 is 28.4 Å². The van der Waals surface area contributed by atoms with Gasteiger partial charge in [-0.3, -0.25) is 4.79 Å². The van der Waals surface area contributed by atoms with Gasteiger partial charge in [-0.1, -0.05) is 19.1 Å². The zero-order chi connectivity index (χ0) is 28.3. The molecule has 0 saturated carbocycles. The Kier molecular flexibility index (Phi) is 10.3. The van der Waals surface area contributed by atoms with Crippen LogP contribution in [-0.2, 0) is 28.5 Å². The zero-order valence-corrected chi connectivity index (χ0v) is 22.2. The Hall–Kier alpha value is -4.20. The number of benzene rings is 2. The Bertz CT molecular complexity index is 1250. The summed E-state index contributed by atoms with van der Waals surface area (Å²) in [6, 6.07) is 14.8. The van der Waals surface area contributed by atoms with Crippen molar-refractivity contribution in [2.75, 3.05) is 26.4 Å². The second kappa shape index (κ2) is 14.3. The minimum atomic E-state index is -0.743. The number of fused-ring (bicyclic) bond motifs is 1. The van der Waals surface area contributed by atoms with E-state index < -0.39 is 18.0 Å². The van der Waals surface area contributed by atoms with Gasteiger partial charge in [-0.15, -0.1) is 0 Å². The molecule has 210 valence electrons. The summed E-state index contributed by atoms with van der Waals surface area (Å²) in [7, 11) is 0. The van der Waals surface area contributed by atoms with E-state index >= 15 is 0 Å². The van der Waals surface area contributed by atoms with Crippen molar-refractivity contribution in [3.8, 4) is 17.6 Å². The van der Waals surface area contributed by atoms with Crippen LogP contribution in [0.3, 0.4) is 0 Å². The quantitative estimate of drug-likeness (QED) is 0.126. The van der Waals surface area contributed by atoms with Crippen molar-refractivity contribution in [2.24, 2.45) is 0 Å². The molecule has 2 unspecified atom stereocenters. The summed E-state index contributed by atoms with van der Waals surface area (Å²) >= 11 is 0. The first-order chi connectivity index (χ1) is 19.5. The SMILES string of the molecule is CCC(=O)OCCCCOc1ccc(C(=O)Oc2ccc(/C=C(\C#N)C(=O)O[C@@H]3COC4CCOC43)cc2)cc1. The highest BCUT2D eigenvalue weighted by Crippen LogP contribution is 2.29. The van der Waals surface area contributed by atoms with Crippen LogP contribution in [-0.4, -0.2) is 62.6 Å². The van der Waals surface area contributed by atoms with Crippen molar-refractivity contribution in [1.82, 2.24) is 0 Å². The number of hydrogen-bond donors (Lipinski definition) is 0. The molecule has 4 rings (SSSR count). The van der Waals surface area contributed by atoms with Crippen LogP contribution in [0.15, 0.2) is 54.1 Å². The summed E-state index contributed by atoms with van der Waals surface area (Å²) in [6.45, 7) is 3.39. The average molecular weight is 550 g/mol. The Balaban J connectivity index is 1.23. The van der Waals surface area contributed by atoms with Crippen molar-refractivity contribution < 1.29 is 42.8 Å². The lowest BCUT2D eigenvalue weighted by molar-refractivity contribution is -0.148. The molecule has 2 fully saturated rings. The molecule has 40 heavy (non-hydrogen) atoms. The van der Waals surface area contributed by atoms with Crippen LogP contribution >= 0.6 is 0 Å². The number of hydrogen-bond acceptors (Lipinski definition) is 10. The van der Waals surface area contributed by atoms with Crippen LogP contribution in [0.1, 0.15) is 48.5 Å². The molecule has 2 saturated heterocycles. The predicted molar refractivity (Wildman–Crippen MR) is 141 cm³/mol. The summed E-state index contributed by atoms with van der Waals surface area (Å²) in [5, 5.41) is 9.47. The number of unbranched alkanes of at least 4 members (excludes halogenated alkanes) is 1. The molecule has 2 aliphatic heterocycles. The number of nitriles is 1. The van der Waals surface area contributed by atoms with Gasteiger partial charge >= 0.3 is 17.9 Å². The third-order valence-electron chi connectivity index (χ3n) is 6.37. The largest absolute Gasteiger partial charge is 0.494 e. The molecule has 3 atom stereocenters. The van der Waals surface area contributed by atoms with Crippen molar-refractivity contribution in [2.45, 2.75) is 50.9 Å². The Morgan fingerprint density at radius 2 is 1.73 bits per heavy atom. The fraction of sp³-hybridized carbons (Fsp3) is 0.400. The van der Waals surface area contributed by atoms with E-state index in [1.165, 1.54) is 6.08 Å². The highest BCUT2D eigenvalue weighted by molar-refractivity contribution is 5.98. The molecule has 0 amide bonds. The minimum Gasteiger partial charge on any atom is -0.494 e. The Morgan fingerprint density at radius 1 is 1.00 bits per heavy atom. The molecule has 0 radical (unpaired) electrons. The van der Waals surface area contributed by atoms with Crippen LogP contribution in [0.2, 0.25) is 0 Å². The zero-order valence-electron chi connectivity index (χ0n) is 22.2. The van der Waals surface area contributed by atoms with Gasteiger partial charge in [-0.05, 0) is 67.3 Å². The van der Waals surface area contributed by atoms with Gasteiger partial charge in [-0.2, -0.15) is 5.26 Å².